The normalized spacial score (nSPS) is 13.3. The lowest BCUT2D eigenvalue weighted by atomic mass is 9.93. The highest BCUT2D eigenvalue weighted by atomic mass is 16.5. The van der Waals surface area contributed by atoms with Crippen molar-refractivity contribution in [2.24, 2.45) is 0 Å². The summed E-state index contributed by atoms with van der Waals surface area (Å²) in [6, 6.07) is 15.2. The van der Waals surface area contributed by atoms with E-state index in [-0.39, 0.29) is 29.7 Å². The van der Waals surface area contributed by atoms with Crippen LogP contribution in [0.15, 0.2) is 59.1 Å². The maximum Gasteiger partial charge on any atom is 0.266 e. The van der Waals surface area contributed by atoms with E-state index in [0.29, 0.717) is 34.1 Å². The van der Waals surface area contributed by atoms with Crippen LogP contribution in [-0.4, -0.2) is 29.4 Å². The number of hydrogen-bond acceptors (Lipinski definition) is 6. The number of fused-ring (bicyclic) bond motifs is 1. The molecule has 0 bridgehead atoms. The molecule has 0 aliphatic carbocycles. The molecule has 8 nitrogen and oxygen atoms in total. The number of benzene rings is 2. The van der Waals surface area contributed by atoms with Crippen LogP contribution in [0, 0.1) is 0 Å². The maximum atomic E-state index is 12.6. The third-order valence-corrected chi connectivity index (χ3v) is 4.89. The Balaban J connectivity index is 1.36. The summed E-state index contributed by atoms with van der Waals surface area (Å²) in [4.78, 5) is 38.5. The number of amides is 3. The molecular formula is C23H22N4O4. The van der Waals surface area contributed by atoms with Crippen molar-refractivity contribution in [3.8, 4) is 0 Å². The van der Waals surface area contributed by atoms with E-state index in [4.69, 9.17) is 4.52 Å². The number of hydrogen-bond donors (Lipinski definition) is 2. The van der Waals surface area contributed by atoms with E-state index in [1.54, 1.807) is 54.6 Å². The summed E-state index contributed by atoms with van der Waals surface area (Å²) in [5, 5.41) is 9.54. The molecule has 31 heavy (non-hydrogen) atoms. The molecule has 2 aromatic carbocycles. The summed E-state index contributed by atoms with van der Waals surface area (Å²) in [5.74, 6) is 0.0706. The monoisotopic (exact) mass is 418 g/mol. The first-order valence-corrected chi connectivity index (χ1v) is 9.83. The average Bonchev–Trinajstić information content (AvgIpc) is 3.31. The van der Waals surface area contributed by atoms with E-state index in [1.807, 2.05) is 20.8 Å². The molecule has 0 fully saturated rings. The van der Waals surface area contributed by atoms with Crippen molar-refractivity contribution in [2.45, 2.75) is 26.2 Å². The number of aromatic nitrogens is 1. The molecule has 3 amide bonds. The molecular weight excluding hydrogens is 396 g/mol. The molecule has 1 aliphatic heterocycles. The lowest BCUT2D eigenvalue weighted by Gasteiger charge is -2.14. The van der Waals surface area contributed by atoms with Crippen LogP contribution in [0.1, 0.15) is 47.2 Å². The summed E-state index contributed by atoms with van der Waals surface area (Å²) < 4.78 is 5.25. The van der Waals surface area contributed by atoms with E-state index >= 15 is 0 Å². The fourth-order valence-corrected chi connectivity index (χ4v) is 3.21. The molecule has 8 heteroatoms. The molecule has 0 spiro atoms. The van der Waals surface area contributed by atoms with Crippen molar-refractivity contribution in [3.05, 3.63) is 71.5 Å². The topological polar surface area (TPSA) is 105 Å². The number of anilines is 3. The van der Waals surface area contributed by atoms with Crippen molar-refractivity contribution in [3.63, 3.8) is 0 Å². The minimum Gasteiger partial charge on any atom is -0.376 e. The van der Waals surface area contributed by atoms with Gasteiger partial charge in [-0.2, -0.15) is 0 Å². The zero-order valence-corrected chi connectivity index (χ0v) is 17.4. The van der Waals surface area contributed by atoms with Crippen LogP contribution < -0.4 is 15.5 Å². The predicted octanol–water partition coefficient (Wildman–Crippen LogP) is 3.82. The Kier molecular flexibility index (Phi) is 5.06. The SMILES string of the molecule is CC(C)(C)c1cc(NC(=O)CNc2ccc(N3C(=O)c4ccccc4C3=O)cc2)no1. The molecule has 4 rings (SSSR count). The Morgan fingerprint density at radius 2 is 1.61 bits per heavy atom. The van der Waals surface area contributed by atoms with Gasteiger partial charge in [0.05, 0.1) is 23.4 Å². The summed E-state index contributed by atoms with van der Waals surface area (Å²) in [6.07, 6.45) is 0. The molecule has 0 unspecified atom stereocenters. The van der Waals surface area contributed by atoms with Gasteiger partial charge in [0, 0.05) is 17.2 Å². The van der Waals surface area contributed by atoms with Crippen LogP contribution in [-0.2, 0) is 10.2 Å². The molecule has 158 valence electrons. The number of carbonyl (C=O) groups excluding carboxylic acids is 3. The third kappa shape index (κ3) is 4.05. The van der Waals surface area contributed by atoms with Crippen LogP contribution in [0.2, 0.25) is 0 Å². The first-order chi connectivity index (χ1) is 14.7. The second-order valence-electron chi connectivity index (χ2n) is 8.27. The Labute approximate surface area is 179 Å². The molecule has 0 saturated carbocycles. The molecule has 0 saturated heterocycles. The van der Waals surface area contributed by atoms with Gasteiger partial charge < -0.3 is 15.2 Å². The standard InChI is InChI=1S/C23H22N4O4/c1-23(2,3)18-12-19(26-31-18)25-20(28)13-24-14-8-10-15(11-9-14)27-21(29)16-6-4-5-7-17(16)22(27)30/h4-12,24H,13H2,1-3H3,(H,25,26,28). The highest BCUT2D eigenvalue weighted by Crippen LogP contribution is 2.29. The minimum absolute atomic E-state index is 0.0179. The van der Waals surface area contributed by atoms with Crippen LogP contribution >= 0.6 is 0 Å². The number of nitrogens with zero attached hydrogens (tertiary/aromatic N) is 2. The fourth-order valence-electron chi connectivity index (χ4n) is 3.21. The van der Waals surface area contributed by atoms with Crippen LogP contribution in [0.5, 0.6) is 0 Å². The van der Waals surface area contributed by atoms with Gasteiger partial charge in [0.2, 0.25) is 5.91 Å². The summed E-state index contributed by atoms with van der Waals surface area (Å²) in [6.45, 7) is 6.00. The Hall–Kier alpha value is -3.94. The minimum atomic E-state index is -0.345. The van der Waals surface area contributed by atoms with Gasteiger partial charge in [-0.25, -0.2) is 4.90 Å². The van der Waals surface area contributed by atoms with Gasteiger partial charge in [-0.1, -0.05) is 38.1 Å². The highest BCUT2D eigenvalue weighted by molar-refractivity contribution is 6.34. The summed E-state index contributed by atoms with van der Waals surface area (Å²) in [5.41, 5.74) is 1.74. The van der Waals surface area contributed by atoms with Gasteiger partial charge in [-0.15, -0.1) is 0 Å². The van der Waals surface area contributed by atoms with E-state index < -0.39 is 0 Å². The molecule has 0 atom stereocenters. The van der Waals surface area contributed by atoms with Crippen molar-refractivity contribution in [1.29, 1.82) is 0 Å². The van der Waals surface area contributed by atoms with Crippen LogP contribution in [0.3, 0.4) is 0 Å². The first-order valence-electron chi connectivity index (χ1n) is 9.83. The second-order valence-corrected chi connectivity index (χ2v) is 8.27. The van der Waals surface area contributed by atoms with Crippen molar-refractivity contribution in [1.82, 2.24) is 5.16 Å². The lowest BCUT2D eigenvalue weighted by Crippen LogP contribution is -2.29. The average molecular weight is 418 g/mol. The van der Waals surface area contributed by atoms with E-state index in [1.165, 1.54) is 0 Å². The zero-order valence-electron chi connectivity index (χ0n) is 17.4. The van der Waals surface area contributed by atoms with E-state index in [9.17, 15) is 14.4 Å². The third-order valence-electron chi connectivity index (χ3n) is 4.89. The Morgan fingerprint density at radius 3 is 2.16 bits per heavy atom. The Bertz CT molecular complexity index is 1120. The summed E-state index contributed by atoms with van der Waals surface area (Å²) in [7, 11) is 0. The Morgan fingerprint density at radius 1 is 1.00 bits per heavy atom. The van der Waals surface area contributed by atoms with E-state index in [2.05, 4.69) is 15.8 Å². The smallest absolute Gasteiger partial charge is 0.266 e. The molecule has 0 radical (unpaired) electrons. The van der Waals surface area contributed by atoms with Gasteiger partial charge in [0.25, 0.3) is 11.8 Å². The molecule has 1 aromatic heterocycles. The largest absolute Gasteiger partial charge is 0.376 e. The molecule has 3 aromatic rings. The first kappa shape index (κ1) is 20.3. The van der Waals surface area contributed by atoms with Crippen molar-refractivity contribution in [2.75, 3.05) is 22.1 Å². The number of carbonyl (C=O) groups is 3. The van der Waals surface area contributed by atoms with Gasteiger partial charge >= 0.3 is 0 Å². The number of imide groups is 1. The lowest BCUT2D eigenvalue weighted by molar-refractivity contribution is -0.114. The molecule has 2 N–H and O–H groups in total. The van der Waals surface area contributed by atoms with E-state index in [0.717, 1.165) is 4.90 Å². The van der Waals surface area contributed by atoms with Gasteiger partial charge in [-0.05, 0) is 36.4 Å². The van der Waals surface area contributed by atoms with Gasteiger partial charge in [0.15, 0.2) is 5.82 Å². The van der Waals surface area contributed by atoms with Gasteiger partial charge in [0.1, 0.15) is 5.76 Å². The molecule has 1 aliphatic rings. The quantitative estimate of drug-likeness (QED) is 0.611. The number of nitrogens with one attached hydrogen (secondary N) is 2. The second kappa shape index (κ2) is 7.71. The predicted molar refractivity (Wildman–Crippen MR) is 116 cm³/mol. The van der Waals surface area contributed by atoms with Crippen molar-refractivity contribution < 1.29 is 18.9 Å². The highest BCUT2D eigenvalue weighted by Gasteiger charge is 2.36. The molecule has 2 heterocycles. The van der Waals surface area contributed by atoms with Gasteiger partial charge in [-0.3, -0.25) is 14.4 Å². The summed E-state index contributed by atoms with van der Waals surface area (Å²) >= 11 is 0. The van der Waals surface area contributed by atoms with Crippen LogP contribution in [0.25, 0.3) is 0 Å². The zero-order chi connectivity index (χ0) is 22.2. The number of rotatable bonds is 5. The van der Waals surface area contributed by atoms with Crippen LogP contribution in [0.4, 0.5) is 17.2 Å². The fraction of sp³-hybridized carbons (Fsp3) is 0.217. The maximum absolute atomic E-state index is 12.6. The van der Waals surface area contributed by atoms with Crippen molar-refractivity contribution >= 4 is 34.9 Å².